The van der Waals surface area contributed by atoms with Gasteiger partial charge in [-0.15, -0.1) is 0 Å². The van der Waals surface area contributed by atoms with Gasteiger partial charge in [-0.05, 0) is 44.1 Å². The first kappa shape index (κ1) is 12.4. The number of hydrogen-bond donors (Lipinski definition) is 1. The minimum absolute atomic E-state index is 0.750. The lowest BCUT2D eigenvalue weighted by molar-refractivity contribution is 0.0377. The van der Waals surface area contributed by atoms with Gasteiger partial charge in [-0.25, -0.2) is 0 Å². The molecule has 2 nitrogen and oxygen atoms in total. The zero-order valence-corrected chi connectivity index (χ0v) is 11.2. The second-order valence-corrected chi connectivity index (χ2v) is 6.18. The molecule has 2 atom stereocenters. The van der Waals surface area contributed by atoms with Crippen LogP contribution in [0.25, 0.3) is 0 Å². The van der Waals surface area contributed by atoms with E-state index in [1.807, 2.05) is 0 Å². The van der Waals surface area contributed by atoms with Crippen molar-refractivity contribution in [1.29, 1.82) is 0 Å². The zero-order chi connectivity index (χ0) is 11.5. The molecular formula is C14H28N2. The Bertz CT molecular complexity index is 211. The van der Waals surface area contributed by atoms with Crippen LogP contribution in [0, 0.1) is 11.8 Å². The molecule has 1 aliphatic heterocycles. The molecule has 2 aliphatic rings. The fourth-order valence-electron chi connectivity index (χ4n) is 3.35. The molecule has 2 heteroatoms. The van der Waals surface area contributed by atoms with Gasteiger partial charge >= 0.3 is 0 Å². The molecule has 0 radical (unpaired) electrons. The van der Waals surface area contributed by atoms with Crippen LogP contribution in [0.1, 0.15) is 46.5 Å². The van der Waals surface area contributed by atoms with Gasteiger partial charge in [0, 0.05) is 25.2 Å². The highest BCUT2D eigenvalue weighted by atomic mass is 15.2. The van der Waals surface area contributed by atoms with Crippen molar-refractivity contribution in [2.24, 2.45) is 11.8 Å². The summed E-state index contributed by atoms with van der Waals surface area (Å²) in [6, 6.07) is 1.66. The van der Waals surface area contributed by atoms with Crippen LogP contribution in [-0.4, -0.2) is 36.6 Å². The molecule has 1 N–H and O–H groups in total. The van der Waals surface area contributed by atoms with Crippen molar-refractivity contribution in [3.8, 4) is 0 Å². The van der Waals surface area contributed by atoms with E-state index >= 15 is 0 Å². The van der Waals surface area contributed by atoms with Gasteiger partial charge in [-0.3, -0.25) is 4.90 Å². The molecule has 16 heavy (non-hydrogen) atoms. The van der Waals surface area contributed by atoms with Gasteiger partial charge in [-0.2, -0.15) is 0 Å². The number of nitrogens with zero attached hydrogens (tertiary/aromatic N) is 1. The van der Waals surface area contributed by atoms with Crippen molar-refractivity contribution in [1.82, 2.24) is 10.2 Å². The van der Waals surface area contributed by atoms with Gasteiger partial charge in [0.25, 0.3) is 0 Å². The van der Waals surface area contributed by atoms with Gasteiger partial charge in [0.05, 0.1) is 0 Å². The molecule has 0 aromatic carbocycles. The van der Waals surface area contributed by atoms with Crippen molar-refractivity contribution in [3.05, 3.63) is 0 Å². The van der Waals surface area contributed by atoms with Gasteiger partial charge in [0.1, 0.15) is 0 Å². The molecule has 1 saturated carbocycles. The van der Waals surface area contributed by atoms with Crippen LogP contribution < -0.4 is 5.32 Å². The summed E-state index contributed by atoms with van der Waals surface area (Å²) in [5.41, 5.74) is 0. The van der Waals surface area contributed by atoms with Gasteiger partial charge in [0.2, 0.25) is 0 Å². The molecule has 0 spiro atoms. The summed E-state index contributed by atoms with van der Waals surface area (Å²) < 4.78 is 0. The van der Waals surface area contributed by atoms with E-state index in [1.54, 1.807) is 0 Å². The first-order valence-corrected chi connectivity index (χ1v) is 7.16. The Morgan fingerprint density at radius 3 is 2.44 bits per heavy atom. The SMILES string of the molecule is CCCNC1CC(C)CN(C2CC(C)C2)C1. The van der Waals surface area contributed by atoms with E-state index in [4.69, 9.17) is 0 Å². The van der Waals surface area contributed by atoms with Crippen LogP contribution in [0.4, 0.5) is 0 Å². The molecular weight excluding hydrogens is 196 g/mol. The molecule has 2 unspecified atom stereocenters. The lowest BCUT2D eigenvalue weighted by atomic mass is 9.79. The Morgan fingerprint density at radius 2 is 1.81 bits per heavy atom. The van der Waals surface area contributed by atoms with Crippen LogP contribution in [-0.2, 0) is 0 Å². The highest BCUT2D eigenvalue weighted by Gasteiger charge is 2.35. The lowest BCUT2D eigenvalue weighted by Gasteiger charge is -2.47. The summed E-state index contributed by atoms with van der Waals surface area (Å²) in [6.45, 7) is 10.9. The molecule has 1 saturated heterocycles. The average Bonchev–Trinajstić information content (AvgIpc) is 2.21. The number of likely N-dealkylation sites (tertiary alicyclic amines) is 1. The van der Waals surface area contributed by atoms with Crippen LogP contribution in [0.5, 0.6) is 0 Å². The van der Waals surface area contributed by atoms with Gasteiger partial charge in [0.15, 0.2) is 0 Å². The van der Waals surface area contributed by atoms with Crippen LogP contribution in [0.15, 0.2) is 0 Å². The van der Waals surface area contributed by atoms with E-state index in [2.05, 4.69) is 31.0 Å². The maximum atomic E-state index is 3.70. The summed E-state index contributed by atoms with van der Waals surface area (Å²) in [5, 5.41) is 3.70. The minimum Gasteiger partial charge on any atom is -0.313 e. The Balaban J connectivity index is 1.80. The quantitative estimate of drug-likeness (QED) is 0.789. The molecule has 2 rings (SSSR count). The van der Waals surface area contributed by atoms with Gasteiger partial charge < -0.3 is 5.32 Å². The molecule has 2 fully saturated rings. The van der Waals surface area contributed by atoms with E-state index < -0.39 is 0 Å². The molecule has 1 heterocycles. The second-order valence-electron chi connectivity index (χ2n) is 6.18. The fourth-order valence-corrected chi connectivity index (χ4v) is 3.35. The van der Waals surface area contributed by atoms with Crippen molar-refractivity contribution in [2.45, 2.75) is 58.5 Å². The molecule has 0 bridgehead atoms. The first-order valence-electron chi connectivity index (χ1n) is 7.16. The molecule has 0 aromatic rings. The maximum Gasteiger partial charge on any atom is 0.0198 e. The molecule has 94 valence electrons. The molecule has 1 aliphatic carbocycles. The van der Waals surface area contributed by atoms with Crippen LogP contribution in [0.2, 0.25) is 0 Å². The minimum atomic E-state index is 0.750. The average molecular weight is 224 g/mol. The fraction of sp³-hybridized carbons (Fsp3) is 1.00. The number of rotatable bonds is 4. The third-order valence-electron chi connectivity index (χ3n) is 4.24. The Hall–Kier alpha value is -0.0800. The van der Waals surface area contributed by atoms with Crippen molar-refractivity contribution in [3.63, 3.8) is 0 Å². The summed E-state index contributed by atoms with van der Waals surface area (Å²) >= 11 is 0. The number of nitrogens with one attached hydrogen (secondary N) is 1. The van der Waals surface area contributed by atoms with E-state index in [0.717, 1.165) is 23.9 Å². The maximum absolute atomic E-state index is 3.70. The highest BCUT2D eigenvalue weighted by molar-refractivity contribution is 4.91. The Morgan fingerprint density at radius 1 is 1.06 bits per heavy atom. The smallest absolute Gasteiger partial charge is 0.0198 e. The number of hydrogen-bond acceptors (Lipinski definition) is 2. The van der Waals surface area contributed by atoms with E-state index in [0.29, 0.717) is 0 Å². The van der Waals surface area contributed by atoms with Crippen LogP contribution in [0.3, 0.4) is 0 Å². The predicted molar refractivity (Wildman–Crippen MR) is 69.6 cm³/mol. The lowest BCUT2D eigenvalue weighted by Crippen LogP contribution is -2.55. The highest BCUT2D eigenvalue weighted by Crippen LogP contribution is 2.33. The monoisotopic (exact) mass is 224 g/mol. The standard InChI is InChI=1S/C14H28N2/c1-4-5-15-13-6-12(3)9-16(10-13)14-7-11(2)8-14/h11-15H,4-10H2,1-3H3. The normalized spacial score (nSPS) is 40.7. The third kappa shape index (κ3) is 2.98. The predicted octanol–water partition coefficient (Wildman–Crippen LogP) is 2.49. The zero-order valence-electron chi connectivity index (χ0n) is 11.2. The van der Waals surface area contributed by atoms with Crippen molar-refractivity contribution in [2.75, 3.05) is 19.6 Å². The van der Waals surface area contributed by atoms with E-state index in [1.165, 1.54) is 45.3 Å². The summed E-state index contributed by atoms with van der Waals surface area (Å²) in [6.07, 6.45) is 5.50. The third-order valence-corrected chi connectivity index (χ3v) is 4.24. The second kappa shape index (κ2) is 5.50. The van der Waals surface area contributed by atoms with Crippen molar-refractivity contribution >= 4 is 0 Å². The Labute approximate surface area is 101 Å². The molecule has 0 aromatic heterocycles. The van der Waals surface area contributed by atoms with Crippen LogP contribution >= 0.6 is 0 Å². The van der Waals surface area contributed by atoms with E-state index in [9.17, 15) is 0 Å². The summed E-state index contributed by atoms with van der Waals surface area (Å²) in [5.74, 6) is 1.85. The van der Waals surface area contributed by atoms with Crippen molar-refractivity contribution < 1.29 is 0 Å². The van der Waals surface area contributed by atoms with Gasteiger partial charge in [-0.1, -0.05) is 20.8 Å². The summed E-state index contributed by atoms with van der Waals surface area (Å²) in [4.78, 5) is 2.75. The number of piperidine rings is 1. The molecule has 0 amide bonds. The van der Waals surface area contributed by atoms with E-state index in [-0.39, 0.29) is 0 Å². The summed E-state index contributed by atoms with van der Waals surface area (Å²) in [7, 11) is 0. The topological polar surface area (TPSA) is 15.3 Å². The first-order chi connectivity index (χ1) is 7.69. The Kier molecular flexibility index (Phi) is 4.26. The largest absolute Gasteiger partial charge is 0.313 e.